The largest absolute Gasteiger partial charge is 0.261 e. The van der Waals surface area contributed by atoms with Gasteiger partial charge in [0, 0.05) is 11.9 Å². The molecule has 0 saturated heterocycles. The van der Waals surface area contributed by atoms with E-state index in [9.17, 15) is 0 Å². The summed E-state index contributed by atoms with van der Waals surface area (Å²) in [6.45, 7) is 8.66. The van der Waals surface area contributed by atoms with Crippen LogP contribution >= 0.6 is 0 Å². The fourth-order valence-electron chi connectivity index (χ4n) is 1.34. The third-order valence-electron chi connectivity index (χ3n) is 2.71. The Morgan fingerprint density at radius 2 is 2.00 bits per heavy atom. The minimum atomic E-state index is 1.06. The van der Waals surface area contributed by atoms with Crippen LogP contribution in [0.5, 0.6) is 0 Å². The van der Waals surface area contributed by atoms with Crippen molar-refractivity contribution in [2.75, 3.05) is 0 Å². The van der Waals surface area contributed by atoms with Crippen LogP contribution in [0.4, 0.5) is 0 Å². The normalized spacial score (nSPS) is 10.0. The first-order chi connectivity index (χ1) is 6.61. The van der Waals surface area contributed by atoms with Crippen LogP contribution in [-0.4, -0.2) is 4.98 Å². The first kappa shape index (κ1) is 11.0. The highest BCUT2D eigenvalue weighted by atomic mass is 14.7. The molecule has 0 atom stereocenters. The van der Waals surface area contributed by atoms with Crippen molar-refractivity contribution in [1.29, 1.82) is 0 Å². The highest BCUT2D eigenvalue weighted by Gasteiger charge is 1.99. The Morgan fingerprint density at radius 3 is 2.57 bits per heavy atom. The molecule has 0 unspecified atom stereocenters. The van der Waals surface area contributed by atoms with Gasteiger partial charge in [-0.3, -0.25) is 4.98 Å². The van der Waals surface area contributed by atoms with Gasteiger partial charge in [-0.1, -0.05) is 17.2 Å². The molecule has 1 nitrogen and oxygen atoms in total. The van der Waals surface area contributed by atoms with Gasteiger partial charge in [0.25, 0.3) is 0 Å². The molecule has 1 aromatic rings. The number of rotatable bonds is 3. The third kappa shape index (κ3) is 2.99. The molecule has 0 radical (unpaired) electrons. The summed E-state index contributed by atoms with van der Waals surface area (Å²) < 4.78 is 0. The molecule has 0 saturated carbocycles. The van der Waals surface area contributed by atoms with Crippen molar-refractivity contribution in [1.82, 2.24) is 4.98 Å². The topological polar surface area (TPSA) is 12.9 Å². The molecule has 76 valence electrons. The number of aromatic nitrogens is 1. The highest BCUT2D eigenvalue weighted by molar-refractivity contribution is 5.19. The lowest BCUT2D eigenvalue weighted by molar-refractivity contribution is 0.876. The van der Waals surface area contributed by atoms with Crippen LogP contribution in [0.3, 0.4) is 0 Å². The molecule has 0 spiro atoms. The van der Waals surface area contributed by atoms with Crippen molar-refractivity contribution < 1.29 is 0 Å². The van der Waals surface area contributed by atoms with Gasteiger partial charge in [0.2, 0.25) is 0 Å². The fourth-order valence-corrected chi connectivity index (χ4v) is 1.34. The monoisotopic (exact) mass is 189 g/mol. The van der Waals surface area contributed by atoms with Crippen LogP contribution < -0.4 is 0 Å². The maximum absolute atomic E-state index is 4.39. The Bertz CT molecular complexity index is 333. The summed E-state index contributed by atoms with van der Waals surface area (Å²) in [5, 5.41) is 0. The van der Waals surface area contributed by atoms with Crippen molar-refractivity contribution in [3.05, 3.63) is 40.7 Å². The predicted octanol–water partition coefficient (Wildman–Crippen LogP) is 3.68. The Kier molecular flexibility index (Phi) is 3.87. The number of hydrogen-bond acceptors (Lipinski definition) is 1. The maximum Gasteiger partial charge on any atom is 0.0435 e. The van der Waals surface area contributed by atoms with E-state index in [1.165, 1.54) is 22.4 Å². The van der Waals surface area contributed by atoms with E-state index in [1.807, 2.05) is 12.3 Å². The summed E-state index contributed by atoms with van der Waals surface area (Å²) in [4.78, 5) is 4.39. The number of pyridine rings is 1. The second kappa shape index (κ2) is 4.94. The summed E-state index contributed by atoms with van der Waals surface area (Å²) >= 11 is 0. The van der Waals surface area contributed by atoms with Gasteiger partial charge >= 0.3 is 0 Å². The van der Waals surface area contributed by atoms with Crippen molar-refractivity contribution in [2.24, 2.45) is 0 Å². The van der Waals surface area contributed by atoms with E-state index < -0.39 is 0 Å². The van der Waals surface area contributed by atoms with E-state index >= 15 is 0 Å². The minimum Gasteiger partial charge on any atom is -0.261 e. The molecule has 1 rings (SSSR count). The molecule has 0 aliphatic carbocycles. The van der Waals surface area contributed by atoms with E-state index in [0.717, 1.165) is 12.8 Å². The van der Waals surface area contributed by atoms with Gasteiger partial charge < -0.3 is 0 Å². The lowest BCUT2D eigenvalue weighted by atomic mass is 10.0. The molecule has 0 fully saturated rings. The molecule has 0 aliphatic rings. The van der Waals surface area contributed by atoms with E-state index in [2.05, 4.69) is 38.7 Å². The zero-order valence-corrected chi connectivity index (χ0v) is 9.59. The number of hydrogen-bond donors (Lipinski definition) is 0. The van der Waals surface area contributed by atoms with Crippen LogP contribution in [0.2, 0.25) is 0 Å². The van der Waals surface area contributed by atoms with Crippen molar-refractivity contribution >= 4 is 0 Å². The molecule has 0 bridgehead atoms. The highest BCUT2D eigenvalue weighted by Crippen LogP contribution is 2.12. The van der Waals surface area contributed by atoms with Crippen LogP contribution in [-0.2, 0) is 6.42 Å². The van der Waals surface area contributed by atoms with Gasteiger partial charge in [-0.25, -0.2) is 0 Å². The Labute approximate surface area is 86.9 Å². The van der Waals surface area contributed by atoms with Gasteiger partial charge in [0.1, 0.15) is 0 Å². The summed E-state index contributed by atoms with van der Waals surface area (Å²) in [5.74, 6) is 0. The molecule has 0 N–H and O–H groups in total. The third-order valence-corrected chi connectivity index (χ3v) is 2.71. The number of allylic oxidation sites excluding steroid dienone is 2. The number of aryl methyl sites for hydroxylation is 2. The molecule has 0 aromatic carbocycles. The van der Waals surface area contributed by atoms with Gasteiger partial charge in [-0.15, -0.1) is 0 Å². The zero-order valence-electron chi connectivity index (χ0n) is 9.59. The summed E-state index contributed by atoms with van der Waals surface area (Å²) in [6.07, 6.45) is 4.06. The molecule has 1 heterocycles. The van der Waals surface area contributed by atoms with E-state index in [-0.39, 0.29) is 0 Å². The minimum absolute atomic E-state index is 1.06. The van der Waals surface area contributed by atoms with Crippen LogP contribution in [0.25, 0.3) is 0 Å². The Morgan fingerprint density at radius 1 is 1.29 bits per heavy atom. The van der Waals surface area contributed by atoms with Crippen molar-refractivity contribution in [3.63, 3.8) is 0 Å². The summed E-state index contributed by atoms with van der Waals surface area (Å²) in [7, 11) is 0. The van der Waals surface area contributed by atoms with E-state index in [0.29, 0.717) is 0 Å². The van der Waals surface area contributed by atoms with Gasteiger partial charge in [-0.05, 0) is 52.2 Å². The first-order valence-electron chi connectivity index (χ1n) is 5.14. The molecular weight excluding hydrogens is 170 g/mol. The molecule has 1 aromatic heterocycles. The quantitative estimate of drug-likeness (QED) is 0.661. The average molecular weight is 189 g/mol. The molecular formula is C13H19N. The van der Waals surface area contributed by atoms with Gasteiger partial charge in [0.05, 0.1) is 0 Å². The lowest BCUT2D eigenvalue weighted by Gasteiger charge is -2.05. The summed E-state index contributed by atoms with van der Waals surface area (Å²) in [6, 6.07) is 4.12. The van der Waals surface area contributed by atoms with Crippen LogP contribution in [0, 0.1) is 6.92 Å². The molecule has 0 aliphatic heterocycles. The van der Waals surface area contributed by atoms with Crippen LogP contribution in [0.15, 0.2) is 29.5 Å². The first-order valence-corrected chi connectivity index (χ1v) is 5.14. The average Bonchev–Trinajstić information content (AvgIpc) is 2.16. The Balaban J connectivity index is 2.63. The predicted molar refractivity (Wildman–Crippen MR) is 61.3 cm³/mol. The van der Waals surface area contributed by atoms with Crippen molar-refractivity contribution in [3.8, 4) is 0 Å². The summed E-state index contributed by atoms with van der Waals surface area (Å²) in [5.41, 5.74) is 5.44. The smallest absolute Gasteiger partial charge is 0.0435 e. The van der Waals surface area contributed by atoms with Gasteiger partial charge in [-0.2, -0.15) is 0 Å². The Hall–Kier alpha value is -1.11. The second-order valence-corrected chi connectivity index (χ2v) is 4.05. The van der Waals surface area contributed by atoms with E-state index in [4.69, 9.17) is 0 Å². The van der Waals surface area contributed by atoms with Crippen LogP contribution in [0.1, 0.15) is 38.4 Å². The zero-order chi connectivity index (χ0) is 10.6. The SMILES string of the molecule is CC(C)=C(C)CCc1ncccc1C. The fraction of sp³-hybridized carbons (Fsp3) is 0.462. The van der Waals surface area contributed by atoms with E-state index in [1.54, 1.807) is 0 Å². The van der Waals surface area contributed by atoms with Gasteiger partial charge in [0.15, 0.2) is 0 Å². The standard InChI is InChI=1S/C13H19N/c1-10(2)11(3)7-8-13-12(4)6-5-9-14-13/h5-6,9H,7-8H2,1-4H3. The molecule has 1 heteroatoms. The molecule has 14 heavy (non-hydrogen) atoms. The van der Waals surface area contributed by atoms with Crippen molar-refractivity contribution in [2.45, 2.75) is 40.5 Å². The number of nitrogens with zero attached hydrogens (tertiary/aromatic N) is 1. The maximum atomic E-state index is 4.39. The lowest BCUT2D eigenvalue weighted by Crippen LogP contribution is -1.94. The second-order valence-electron chi connectivity index (χ2n) is 4.05. The molecule has 0 amide bonds.